The van der Waals surface area contributed by atoms with E-state index in [-0.39, 0.29) is 22.8 Å². The summed E-state index contributed by atoms with van der Waals surface area (Å²) in [5, 5.41) is 4.18. The number of aromatic nitrogens is 2. The van der Waals surface area contributed by atoms with Gasteiger partial charge in [0.1, 0.15) is 17.3 Å². The van der Waals surface area contributed by atoms with Gasteiger partial charge in [0, 0.05) is 25.5 Å². The number of esters is 1. The highest BCUT2D eigenvalue weighted by atomic mass is 32.2. The summed E-state index contributed by atoms with van der Waals surface area (Å²) < 4.78 is 40.5. The van der Waals surface area contributed by atoms with Crippen LogP contribution in [0.15, 0.2) is 65.8 Å². The first-order valence-corrected chi connectivity index (χ1v) is 12.4. The van der Waals surface area contributed by atoms with E-state index < -0.39 is 16.0 Å². The summed E-state index contributed by atoms with van der Waals surface area (Å²) in [6.07, 6.45) is 7.21. The number of nitrogens with zero attached hydrogens (tertiary/aromatic N) is 3. The predicted molar refractivity (Wildman–Crippen MR) is 123 cm³/mol. The van der Waals surface area contributed by atoms with Gasteiger partial charge in [-0.25, -0.2) is 17.9 Å². The lowest BCUT2D eigenvalue weighted by Gasteiger charge is -2.21. The van der Waals surface area contributed by atoms with Gasteiger partial charge in [0.05, 0.1) is 18.4 Å². The summed E-state index contributed by atoms with van der Waals surface area (Å²) in [5.41, 5.74) is 1.87. The summed E-state index contributed by atoms with van der Waals surface area (Å²) in [4.78, 5) is 12.7. The van der Waals surface area contributed by atoms with Gasteiger partial charge in [0.2, 0.25) is 10.0 Å². The number of carbonyl (C=O) groups is 1. The molecule has 0 aliphatic carbocycles. The van der Waals surface area contributed by atoms with Crippen molar-refractivity contribution in [3.63, 3.8) is 0 Å². The second-order valence-corrected chi connectivity index (χ2v) is 9.78. The lowest BCUT2D eigenvalue weighted by molar-refractivity contribution is 0.0472. The Morgan fingerprint density at radius 3 is 2.39 bits per heavy atom. The molecule has 0 amide bonds. The summed E-state index contributed by atoms with van der Waals surface area (Å²) in [7, 11) is -2.37. The largest absolute Gasteiger partial charge is 0.495 e. The van der Waals surface area contributed by atoms with Crippen molar-refractivity contribution in [2.45, 2.75) is 37.2 Å². The molecule has 0 atom stereocenters. The van der Waals surface area contributed by atoms with Crippen LogP contribution in [0.25, 0.3) is 5.69 Å². The molecule has 1 saturated heterocycles. The molecule has 1 aliphatic rings. The van der Waals surface area contributed by atoms with Crippen molar-refractivity contribution in [1.82, 2.24) is 14.1 Å². The number of carbonyl (C=O) groups excluding carboxylic acids is 1. The molecule has 8 nitrogen and oxygen atoms in total. The minimum absolute atomic E-state index is 0.00933. The number of benzene rings is 2. The minimum atomic E-state index is -3.79. The Labute approximate surface area is 193 Å². The van der Waals surface area contributed by atoms with Crippen LogP contribution >= 0.6 is 0 Å². The Bertz CT molecular complexity index is 1180. The minimum Gasteiger partial charge on any atom is -0.495 e. The third-order valence-corrected chi connectivity index (χ3v) is 7.58. The van der Waals surface area contributed by atoms with Crippen molar-refractivity contribution in [2.24, 2.45) is 0 Å². The molecule has 0 radical (unpaired) electrons. The van der Waals surface area contributed by atoms with Gasteiger partial charge in [-0.05, 0) is 54.8 Å². The van der Waals surface area contributed by atoms with Crippen LogP contribution in [0.2, 0.25) is 0 Å². The number of methoxy groups -OCH3 is 1. The van der Waals surface area contributed by atoms with Crippen molar-refractivity contribution >= 4 is 16.0 Å². The van der Waals surface area contributed by atoms with E-state index in [2.05, 4.69) is 5.10 Å². The highest BCUT2D eigenvalue weighted by molar-refractivity contribution is 7.89. The third-order valence-electron chi connectivity index (χ3n) is 5.66. The van der Waals surface area contributed by atoms with Crippen LogP contribution in [0.3, 0.4) is 0 Å². The number of sulfonamides is 1. The Morgan fingerprint density at radius 1 is 1.03 bits per heavy atom. The monoisotopic (exact) mass is 469 g/mol. The van der Waals surface area contributed by atoms with Gasteiger partial charge in [0.25, 0.3) is 0 Å². The fourth-order valence-electron chi connectivity index (χ4n) is 3.83. The van der Waals surface area contributed by atoms with Crippen molar-refractivity contribution < 1.29 is 22.7 Å². The Morgan fingerprint density at radius 2 is 1.76 bits per heavy atom. The summed E-state index contributed by atoms with van der Waals surface area (Å²) in [5.74, 6) is -0.383. The lowest BCUT2D eigenvalue weighted by Crippen LogP contribution is -2.32. The van der Waals surface area contributed by atoms with Gasteiger partial charge >= 0.3 is 5.97 Å². The molecule has 0 N–H and O–H groups in total. The second kappa shape index (κ2) is 10.2. The first-order valence-electron chi connectivity index (χ1n) is 10.9. The predicted octanol–water partition coefficient (Wildman–Crippen LogP) is 3.80. The number of hydrogen-bond donors (Lipinski definition) is 0. The van der Waals surface area contributed by atoms with E-state index in [0.717, 1.165) is 36.9 Å². The molecule has 174 valence electrons. The molecule has 4 rings (SSSR count). The number of hydrogen-bond acceptors (Lipinski definition) is 6. The molecule has 2 heterocycles. The van der Waals surface area contributed by atoms with Gasteiger partial charge < -0.3 is 9.47 Å². The van der Waals surface area contributed by atoms with E-state index in [9.17, 15) is 13.2 Å². The smallest absolute Gasteiger partial charge is 0.338 e. The van der Waals surface area contributed by atoms with Crippen LogP contribution < -0.4 is 4.74 Å². The summed E-state index contributed by atoms with van der Waals surface area (Å²) in [6.45, 7) is 1.00. The molecule has 0 unspecified atom stereocenters. The summed E-state index contributed by atoms with van der Waals surface area (Å²) in [6, 6.07) is 13.7. The van der Waals surface area contributed by atoms with Crippen molar-refractivity contribution in [1.29, 1.82) is 0 Å². The fourth-order valence-corrected chi connectivity index (χ4v) is 5.52. The molecule has 0 bridgehead atoms. The Hall–Kier alpha value is -3.17. The summed E-state index contributed by atoms with van der Waals surface area (Å²) >= 11 is 0. The van der Waals surface area contributed by atoms with Crippen LogP contribution in [0, 0.1) is 0 Å². The molecule has 1 aliphatic heterocycles. The molecule has 2 aromatic carbocycles. The topological polar surface area (TPSA) is 90.7 Å². The Kier molecular flexibility index (Phi) is 7.10. The zero-order valence-corrected chi connectivity index (χ0v) is 19.3. The van der Waals surface area contributed by atoms with E-state index >= 15 is 0 Å². The molecule has 33 heavy (non-hydrogen) atoms. The molecular weight excluding hydrogens is 442 g/mol. The quantitative estimate of drug-likeness (QED) is 0.489. The number of rotatable bonds is 7. The van der Waals surface area contributed by atoms with Crippen molar-refractivity contribution in [3.05, 3.63) is 72.1 Å². The highest BCUT2D eigenvalue weighted by Crippen LogP contribution is 2.29. The maximum absolute atomic E-state index is 13.3. The maximum atomic E-state index is 13.3. The molecule has 0 saturated carbocycles. The van der Waals surface area contributed by atoms with Gasteiger partial charge in [0.15, 0.2) is 0 Å². The molecule has 3 aromatic rings. The first-order chi connectivity index (χ1) is 16.0. The zero-order chi connectivity index (χ0) is 23.3. The van der Waals surface area contributed by atoms with E-state index in [0.29, 0.717) is 13.1 Å². The highest BCUT2D eigenvalue weighted by Gasteiger charge is 2.29. The molecule has 1 aromatic heterocycles. The second-order valence-electron chi connectivity index (χ2n) is 7.88. The Balaban J connectivity index is 1.49. The molecule has 1 fully saturated rings. The van der Waals surface area contributed by atoms with Gasteiger partial charge in [-0.3, -0.25) is 0 Å². The van der Waals surface area contributed by atoms with Gasteiger partial charge in [-0.1, -0.05) is 25.0 Å². The normalized spacial score (nSPS) is 15.1. The zero-order valence-electron chi connectivity index (χ0n) is 18.5. The average Bonchev–Trinajstić information content (AvgIpc) is 3.24. The number of ether oxygens (including phenoxy) is 2. The SMILES string of the molecule is COc1ccc(C(=O)OCc2ccc(-n3cccn3)cc2)cc1S(=O)(=O)N1CCCCCC1. The van der Waals surface area contributed by atoms with Crippen molar-refractivity contribution in [2.75, 3.05) is 20.2 Å². The lowest BCUT2D eigenvalue weighted by atomic mass is 10.2. The van der Waals surface area contributed by atoms with E-state index in [1.807, 2.05) is 36.5 Å². The average molecular weight is 470 g/mol. The van der Waals surface area contributed by atoms with E-state index in [1.165, 1.54) is 29.6 Å². The van der Waals surface area contributed by atoms with Crippen LogP contribution in [-0.4, -0.2) is 48.7 Å². The van der Waals surface area contributed by atoms with Gasteiger partial charge in [-0.15, -0.1) is 0 Å². The molecular formula is C24H27N3O5S. The third kappa shape index (κ3) is 5.26. The van der Waals surface area contributed by atoms with Crippen molar-refractivity contribution in [3.8, 4) is 11.4 Å². The standard InChI is InChI=1S/C24H27N3O5S/c1-31-22-12-9-20(17-23(22)33(29,30)26-14-4-2-3-5-15-26)24(28)32-18-19-7-10-21(11-8-19)27-16-6-13-25-27/h6-13,16-17H,2-5,14-15,18H2,1H3. The van der Waals surface area contributed by atoms with Crippen LogP contribution in [0.4, 0.5) is 0 Å². The first kappa shape index (κ1) is 23.0. The fraction of sp³-hybridized carbons (Fsp3) is 0.333. The van der Waals surface area contributed by atoms with Crippen LogP contribution in [0.1, 0.15) is 41.6 Å². The molecule has 9 heteroatoms. The molecule has 0 spiro atoms. The van der Waals surface area contributed by atoms with Crippen LogP contribution in [0.5, 0.6) is 5.75 Å². The maximum Gasteiger partial charge on any atom is 0.338 e. The van der Waals surface area contributed by atoms with Gasteiger partial charge in [-0.2, -0.15) is 9.40 Å². The van der Waals surface area contributed by atoms with Crippen LogP contribution in [-0.2, 0) is 21.4 Å². The van der Waals surface area contributed by atoms with E-state index in [4.69, 9.17) is 9.47 Å². The van der Waals surface area contributed by atoms with E-state index in [1.54, 1.807) is 10.9 Å².